The third-order valence-electron chi connectivity index (χ3n) is 5.27. The van der Waals surface area contributed by atoms with E-state index in [4.69, 9.17) is 18.9 Å². The van der Waals surface area contributed by atoms with Gasteiger partial charge in [-0.3, -0.25) is 9.59 Å². The summed E-state index contributed by atoms with van der Waals surface area (Å²) in [7, 11) is 3.55. The van der Waals surface area contributed by atoms with Gasteiger partial charge in [-0.15, -0.1) is 13.1 Å². The predicted octanol–water partition coefficient (Wildman–Crippen LogP) is 6.52. The Kier molecular flexibility index (Phi) is 36.3. The van der Waals surface area contributed by atoms with Gasteiger partial charge in [-0.25, -0.2) is 0 Å². The molecule has 0 aliphatic carbocycles. The van der Waals surface area contributed by atoms with Crippen molar-refractivity contribution in [2.75, 3.05) is 92.7 Å². The number of hydrogen-bond donors (Lipinski definition) is 0. The molecule has 41 heavy (non-hydrogen) atoms. The Balaban J connectivity index is -0.000000329. The average molecular weight is 708 g/mol. The van der Waals surface area contributed by atoms with Gasteiger partial charge in [-0.2, -0.15) is 12.4 Å². The van der Waals surface area contributed by atoms with Gasteiger partial charge in [0.2, 0.25) is 0 Å². The maximum atomic E-state index is 11.9. The van der Waals surface area contributed by atoms with Crippen molar-refractivity contribution in [1.82, 2.24) is 0 Å². The van der Waals surface area contributed by atoms with E-state index in [2.05, 4.69) is 37.3 Å². The van der Waals surface area contributed by atoms with Crippen LogP contribution in [0.3, 0.4) is 0 Å². The zero-order valence-electron chi connectivity index (χ0n) is 28.1. The molecule has 245 valence electrons. The van der Waals surface area contributed by atoms with E-state index in [1.54, 1.807) is 41.9 Å². The summed E-state index contributed by atoms with van der Waals surface area (Å²) in [5, 5.41) is 8.17. The fraction of sp³-hybridized carbons (Fsp3) is 0.800. The van der Waals surface area contributed by atoms with Crippen LogP contribution < -0.4 is 0 Å². The second kappa shape index (κ2) is 31.2. The number of ether oxygens (including phenoxy) is 4. The maximum Gasteiger partial charge on any atom is 0.185 e. The van der Waals surface area contributed by atoms with Crippen LogP contribution in [0.5, 0.6) is 0 Å². The number of carbonyl (C=O) groups is 2. The minimum absolute atomic E-state index is 0. The maximum absolute atomic E-state index is 11.9. The zero-order valence-corrected chi connectivity index (χ0v) is 32.0. The van der Waals surface area contributed by atoms with Crippen LogP contribution in [0.25, 0.3) is 10.6 Å². The normalized spacial score (nSPS) is 11.6. The predicted molar refractivity (Wildman–Crippen MR) is 179 cm³/mol. The topological polar surface area (TPSA) is 99.3 Å². The van der Waals surface area contributed by atoms with Crippen LogP contribution >= 0.6 is 15.8 Å². The van der Waals surface area contributed by atoms with E-state index in [1.807, 2.05) is 13.8 Å². The van der Waals surface area contributed by atoms with Crippen molar-refractivity contribution < 1.29 is 48.6 Å². The molecular weight excluding hydrogens is 645 g/mol. The summed E-state index contributed by atoms with van der Waals surface area (Å²) in [6.45, 7) is 23.6. The summed E-state index contributed by atoms with van der Waals surface area (Å²) in [5.74, 6) is -0.262. The number of rotatable bonds is 21. The summed E-state index contributed by atoms with van der Waals surface area (Å²) >= 11 is 0. The summed E-state index contributed by atoms with van der Waals surface area (Å²) in [6.07, 6.45) is 11.0. The molecular formula is C30H62N2O6P2Tc. The van der Waals surface area contributed by atoms with Crippen molar-refractivity contribution in [3.8, 4) is 0 Å². The Morgan fingerprint density at radius 1 is 0.683 bits per heavy atom. The van der Waals surface area contributed by atoms with E-state index in [-0.39, 0.29) is 47.5 Å². The molecule has 0 rings (SSSR count). The number of hydrogen-bond acceptors (Lipinski definition) is 6. The van der Waals surface area contributed by atoms with Gasteiger partial charge in [-0.05, 0) is 69.5 Å². The van der Waals surface area contributed by atoms with Crippen molar-refractivity contribution in [2.24, 2.45) is 0 Å². The summed E-state index contributed by atoms with van der Waals surface area (Å²) in [4.78, 5) is 23.7. The Hall–Kier alpha value is -0.231. The van der Waals surface area contributed by atoms with Gasteiger partial charge >= 0.3 is 0 Å². The van der Waals surface area contributed by atoms with Crippen molar-refractivity contribution >= 4 is 27.4 Å². The fourth-order valence-electron chi connectivity index (χ4n) is 2.91. The summed E-state index contributed by atoms with van der Waals surface area (Å²) in [6, 6.07) is 0. The average Bonchev–Trinajstić information content (AvgIpc) is 2.86. The summed E-state index contributed by atoms with van der Waals surface area (Å²) in [5.41, 5.74) is -1.66. The molecule has 0 atom stereocenters. The van der Waals surface area contributed by atoms with Gasteiger partial charge in [0.15, 0.2) is 11.6 Å². The van der Waals surface area contributed by atoms with Crippen molar-refractivity contribution in [1.29, 1.82) is 0 Å². The van der Waals surface area contributed by atoms with Gasteiger partial charge < -0.3 is 29.6 Å². The third kappa shape index (κ3) is 34.1. The first kappa shape index (κ1) is 47.7. The molecule has 0 spiro atoms. The van der Waals surface area contributed by atoms with Crippen LogP contribution in [0, 0.1) is 0 Å². The molecule has 0 saturated carbocycles. The first-order chi connectivity index (χ1) is 18.7. The van der Waals surface area contributed by atoms with Gasteiger partial charge in [0, 0.05) is 100 Å². The molecule has 0 aromatic carbocycles. The number of ketones is 2. The molecule has 0 heterocycles. The van der Waals surface area contributed by atoms with Crippen LogP contribution in [0.15, 0.2) is 24.6 Å². The molecule has 0 bridgehead atoms. The van der Waals surface area contributed by atoms with Crippen LogP contribution in [0.4, 0.5) is 0 Å². The van der Waals surface area contributed by atoms with Gasteiger partial charge in [-0.1, -0.05) is 0 Å². The Morgan fingerprint density at radius 2 is 1.00 bits per heavy atom. The van der Waals surface area contributed by atoms with Crippen molar-refractivity contribution in [3.63, 3.8) is 0 Å². The Bertz CT molecular complexity index is 619. The molecule has 0 amide bonds. The summed E-state index contributed by atoms with van der Waals surface area (Å²) < 4.78 is 20.5. The van der Waals surface area contributed by atoms with E-state index in [9.17, 15) is 9.59 Å². The Labute approximate surface area is 268 Å². The first-order valence-electron chi connectivity index (χ1n) is 14.3. The SMILES string of the molecule is CCOC(C)(C)C(=O)/C=C\[N-]CC[N-]/C=C\C(=O)C(C)(C)OCC.COCCC[PH+](C)C.COCCC[PH+](C)C.[99Tc]. The van der Waals surface area contributed by atoms with Gasteiger partial charge in [0.25, 0.3) is 0 Å². The molecule has 8 nitrogen and oxygen atoms in total. The molecule has 0 unspecified atom stereocenters. The monoisotopic (exact) mass is 707 g/mol. The smallest absolute Gasteiger partial charge is 0.185 e. The zero-order chi connectivity index (χ0) is 31.5. The molecule has 0 aliphatic heterocycles. The van der Waals surface area contributed by atoms with E-state index in [1.165, 1.54) is 49.7 Å². The first-order valence-corrected chi connectivity index (χ1v) is 19.7. The molecule has 0 saturated heterocycles. The Morgan fingerprint density at radius 3 is 1.24 bits per heavy atom. The molecule has 0 aromatic heterocycles. The number of nitrogens with zero attached hydrogens (tertiary/aromatic N) is 2. The minimum atomic E-state index is -0.832. The van der Waals surface area contributed by atoms with E-state index in [0.717, 1.165) is 13.2 Å². The van der Waals surface area contributed by atoms with E-state index >= 15 is 0 Å². The van der Waals surface area contributed by atoms with Crippen molar-refractivity contribution in [3.05, 3.63) is 35.2 Å². The van der Waals surface area contributed by atoms with E-state index in [0.29, 0.717) is 26.3 Å². The van der Waals surface area contributed by atoms with Gasteiger partial charge in [0.1, 0.15) is 11.2 Å². The van der Waals surface area contributed by atoms with Crippen LogP contribution in [0.2, 0.25) is 0 Å². The largest absolute Gasteiger partial charge is 0.692 e. The quantitative estimate of drug-likeness (QED) is 0.0766. The molecule has 0 N–H and O–H groups in total. The second-order valence-electron chi connectivity index (χ2n) is 10.7. The molecule has 1 radical (unpaired) electrons. The molecule has 11 heteroatoms. The van der Waals surface area contributed by atoms with Crippen LogP contribution in [-0.2, 0) is 48.6 Å². The van der Waals surface area contributed by atoms with Crippen LogP contribution in [-0.4, -0.2) is 115 Å². The fourth-order valence-corrected chi connectivity index (χ4v) is 4.61. The number of methoxy groups -OCH3 is 2. The molecule has 0 fully saturated rings. The number of carbonyl (C=O) groups excluding carboxylic acids is 2. The minimum Gasteiger partial charge on any atom is -0.692 e. The van der Waals surface area contributed by atoms with Crippen LogP contribution in [0.1, 0.15) is 54.4 Å². The van der Waals surface area contributed by atoms with Gasteiger partial charge in [0.05, 0.1) is 12.3 Å². The molecule has 0 aromatic rings. The van der Waals surface area contributed by atoms with Crippen molar-refractivity contribution in [2.45, 2.75) is 65.6 Å². The third-order valence-corrected chi connectivity index (χ3v) is 7.98. The molecule has 0 aliphatic rings. The standard InChI is InChI=1S/C18H32N2O4.2C6H15OP.Tc/c1-7-23-17(3,4)15(21)9-11-19-13-14-20-12-10-16(22)18(5,6)24-8-2;2*1-7-5-4-6-8(2)3;/h9-12H,7-8,13-14H2,1-6H3,(H2,19,20,21,22);2*4-6H2,1-3H3;/i;;;1+1. The second-order valence-corrected chi connectivity index (χ2v) is 16.5. The van der Waals surface area contributed by atoms with E-state index < -0.39 is 11.2 Å².